The van der Waals surface area contributed by atoms with E-state index in [1.165, 1.54) is 12.1 Å². The van der Waals surface area contributed by atoms with E-state index in [0.29, 0.717) is 22.9 Å². The average molecular weight is 360 g/mol. The molecule has 1 aromatic rings. The van der Waals surface area contributed by atoms with Gasteiger partial charge in [0.1, 0.15) is 0 Å². The minimum Gasteiger partial charge on any atom is -0.478 e. The number of benzene rings is 1. The predicted molar refractivity (Wildman–Crippen MR) is 78.3 cm³/mol. The minimum absolute atomic E-state index is 0.00354. The highest BCUT2D eigenvalue weighted by Gasteiger charge is 2.24. The second-order valence-electron chi connectivity index (χ2n) is 4.65. The average Bonchev–Trinajstić information content (AvgIpc) is 2.83. The molecule has 0 heterocycles. The molecule has 0 unspecified atom stereocenters. The molecule has 0 bridgehead atoms. The topological polar surface area (TPSA) is 83.5 Å². The van der Waals surface area contributed by atoms with E-state index >= 15 is 0 Å². The van der Waals surface area contributed by atoms with Gasteiger partial charge < -0.3 is 5.11 Å². The first kappa shape index (κ1) is 15.2. The first-order valence-corrected chi connectivity index (χ1v) is 8.29. The smallest absolute Gasteiger partial charge is 0.335 e. The number of halogens is 1. The number of hydrogen-bond donors (Lipinski definition) is 2. The monoisotopic (exact) mass is 359 g/mol. The number of nitrogens with one attached hydrogen (secondary N) is 1. The van der Waals surface area contributed by atoms with Crippen LogP contribution in [0, 0.1) is 6.92 Å². The van der Waals surface area contributed by atoms with Gasteiger partial charge in [0.15, 0.2) is 0 Å². The number of carboxylic acid groups (broad SMARTS) is 1. The van der Waals surface area contributed by atoms with E-state index in [2.05, 4.69) is 20.7 Å². The van der Waals surface area contributed by atoms with Crippen LogP contribution in [0.3, 0.4) is 0 Å². The van der Waals surface area contributed by atoms with Gasteiger partial charge >= 0.3 is 5.97 Å². The molecule has 0 atom stereocenters. The molecule has 2 rings (SSSR count). The molecule has 0 radical (unpaired) electrons. The van der Waals surface area contributed by atoms with Crippen LogP contribution < -0.4 is 4.72 Å². The van der Waals surface area contributed by atoms with Gasteiger partial charge in [-0.1, -0.05) is 28.1 Å². The highest BCUT2D eigenvalue weighted by molar-refractivity contribution is 9.10. The SMILES string of the molecule is Cc1c(Br)cc(C(=O)O)cc1S(=O)(=O)NC1CC=CC1. The van der Waals surface area contributed by atoms with Gasteiger partial charge in [-0.05, 0) is 37.5 Å². The van der Waals surface area contributed by atoms with Crippen LogP contribution in [0.2, 0.25) is 0 Å². The summed E-state index contributed by atoms with van der Waals surface area (Å²) in [5, 5.41) is 9.03. The zero-order chi connectivity index (χ0) is 14.9. The maximum absolute atomic E-state index is 12.4. The van der Waals surface area contributed by atoms with Crippen molar-refractivity contribution in [3.8, 4) is 0 Å². The van der Waals surface area contributed by atoms with Gasteiger partial charge in [0.2, 0.25) is 10.0 Å². The third kappa shape index (κ3) is 3.11. The van der Waals surface area contributed by atoms with E-state index in [4.69, 9.17) is 5.11 Å². The lowest BCUT2D eigenvalue weighted by atomic mass is 10.1. The van der Waals surface area contributed by atoms with E-state index < -0.39 is 16.0 Å². The lowest BCUT2D eigenvalue weighted by Crippen LogP contribution is -2.33. The Balaban J connectivity index is 2.42. The van der Waals surface area contributed by atoms with Crippen LogP contribution >= 0.6 is 15.9 Å². The van der Waals surface area contributed by atoms with Crippen LogP contribution in [-0.4, -0.2) is 25.5 Å². The quantitative estimate of drug-likeness (QED) is 0.808. The predicted octanol–water partition coefficient (Wildman–Crippen LogP) is 2.45. The van der Waals surface area contributed by atoms with Crippen molar-refractivity contribution in [2.45, 2.75) is 30.7 Å². The molecule has 0 fully saturated rings. The molecule has 5 nitrogen and oxygen atoms in total. The third-order valence-corrected chi connectivity index (χ3v) is 5.63. The fraction of sp³-hybridized carbons (Fsp3) is 0.308. The molecule has 0 aromatic heterocycles. The van der Waals surface area contributed by atoms with Crippen molar-refractivity contribution >= 4 is 31.9 Å². The number of hydrogen-bond acceptors (Lipinski definition) is 3. The Kier molecular flexibility index (Phi) is 4.31. The third-order valence-electron chi connectivity index (χ3n) is 3.16. The van der Waals surface area contributed by atoms with Gasteiger partial charge in [-0.2, -0.15) is 0 Å². The maximum atomic E-state index is 12.4. The minimum atomic E-state index is -3.74. The van der Waals surface area contributed by atoms with Crippen LogP contribution in [0.5, 0.6) is 0 Å². The Morgan fingerprint density at radius 3 is 2.50 bits per heavy atom. The summed E-state index contributed by atoms with van der Waals surface area (Å²) < 4.78 is 27.8. The van der Waals surface area contributed by atoms with E-state index in [1.807, 2.05) is 12.2 Å². The lowest BCUT2D eigenvalue weighted by molar-refractivity contribution is 0.0696. The molecule has 0 spiro atoms. The second-order valence-corrected chi connectivity index (χ2v) is 7.18. The summed E-state index contributed by atoms with van der Waals surface area (Å²) in [5.74, 6) is -1.16. The summed E-state index contributed by atoms with van der Waals surface area (Å²) in [6.45, 7) is 1.64. The summed E-state index contributed by atoms with van der Waals surface area (Å²) in [6, 6.07) is 2.42. The summed E-state index contributed by atoms with van der Waals surface area (Å²) >= 11 is 3.20. The van der Waals surface area contributed by atoms with Crippen LogP contribution in [0.4, 0.5) is 0 Å². The number of aromatic carboxylic acids is 1. The highest BCUT2D eigenvalue weighted by atomic mass is 79.9. The van der Waals surface area contributed by atoms with Crippen molar-refractivity contribution in [2.75, 3.05) is 0 Å². The van der Waals surface area contributed by atoms with Gasteiger partial charge in [0.05, 0.1) is 10.5 Å². The second kappa shape index (κ2) is 5.67. The van der Waals surface area contributed by atoms with Crippen LogP contribution in [0.15, 0.2) is 33.7 Å². The van der Waals surface area contributed by atoms with E-state index in [1.54, 1.807) is 6.92 Å². The molecule has 2 N–H and O–H groups in total. The molecule has 0 aliphatic heterocycles. The fourth-order valence-corrected chi connectivity index (χ4v) is 4.20. The van der Waals surface area contributed by atoms with Crippen LogP contribution in [-0.2, 0) is 10.0 Å². The summed E-state index contributed by atoms with van der Waals surface area (Å²) in [4.78, 5) is 11.0. The summed E-state index contributed by atoms with van der Waals surface area (Å²) in [6.07, 6.45) is 5.14. The van der Waals surface area contributed by atoms with Gasteiger partial charge in [0, 0.05) is 10.5 Å². The highest BCUT2D eigenvalue weighted by Crippen LogP contribution is 2.26. The van der Waals surface area contributed by atoms with Crippen molar-refractivity contribution < 1.29 is 18.3 Å². The number of carbonyl (C=O) groups is 1. The number of carboxylic acids is 1. The Morgan fingerprint density at radius 1 is 1.35 bits per heavy atom. The summed E-state index contributed by atoms with van der Waals surface area (Å²) in [7, 11) is -3.74. The first-order chi connectivity index (χ1) is 9.31. The molecule has 7 heteroatoms. The molecule has 108 valence electrons. The summed E-state index contributed by atoms with van der Waals surface area (Å²) in [5.41, 5.74) is 0.431. The van der Waals surface area contributed by atoms with Crippen LogP contribution in [0.25, 0.3) is 0 Å². The van der Waals surface area contributed by atoms with Crippen molar-refractivity contribution in [1.82, 2.24) is 4.72 Å². The zero-order valence-electron chi connectivity index (χ0n) is 10.8. The molecule has 0 saturated heterocycles. The number of sulfonamides is 1. The normalized spacial score (nSPS) is 15.7. The Labute approximate surface area is 125 Å². The van der Waals surface area contributed by atoms with Gasteiger partial charge in [-0.15, -0.1) is 0 Å². The molecule has 0 saturated carbocycles. The molecule has 1 aromatic carbocycles. The standard InChI is InChI=1S/C13H14BrNO4S/c1-8-11(14)6-9(13(16)17)7-12(8)20(18,19)15-10-4-2-3-5-10/h2-3,6-7,10,15H,4-5H2,1H3,(H,16,17). The molecule has 20 heavy (non-hydrogen) atoms. The van der Waals surface area contributed by atoms with Crippen molar-refractivity contribution in [3.05, 3.63) is 39.9 Å². The largest absolute Gasteiger partial charge is 0.478 e. The van der Waals surface area contributed by atoms with Crippen LogP contribution in [0.1, 0.15) is 28.8 Å². The molecular weight excluding hydrogens is 346 g/mol. The zero-order valence-corrected chi connectivity index (χ0v) is 13.2. The fourth-order valence-electron chi connectivity index (χ4n) is 2.05. The van der Waals surface area contributed by atoms with Crippen molar-refractivity contribution in [3.63, 3.8) is 0 Å². The van der Waals surface area contributed by atoms with E-state index in [9.17, 15) is 13.2 Å². The van der Waals surface area contributed by atoms with Crippen molar-refractivity contribution in [1.29, 1.82) is 0 Å². The van der Waals surface area contributed by atoms with Gasteiger partial charge in [-0.25, -0.2) is 17.9 Å². The Bertz CT molecular complexity index is 674. The molecular formula is C13H14BrNO4S. The Morgan fingerprint density at radius 2 is 1.95 bits per heavy atom. The maximum Gasteiger partial charge on any atom is 0.335 e. The van der Waals surface area contributed by atoms with Gasteiger partial charge in [0.25, 0.3) is 0 Å². The first-order valence-electron chi connectivity index (χ1n) is 6.02. The Hall–Kier alpha value is -1.18. The molecule has 1 aliphatic rings. The number of rotatable bonds is 4. The van der Waals surface area contributed by atoms with E-state index in [-0.39, 0.29) is 16.5 Å². The lowest BCUT2D eigenvalue weighted by Gasteiger charge is -2.15. The van der Waals surface area contributed by atoms with Gasteiger partial charge in [-0.3, -0.25) is 0 Å². The van der Waals surface area contributed by atoms with Crippen molar-refractivity contribution in [2.24, 2.45) is 0 Å². The van der Waals surface area contributed by atoms with E-state index in [0.717, 1.165) is 0 Å². The molecule has 1 aliphatic carbocycles. The molecule has 0 amide bonds.